The largest absolute Gasteiger partial charge is 0.345 e. The van der Waals surface area contributed by atoms with Crippen LogP contribution in [0.25, 0.3) is 11.0 Å². The summed E-state index contributed by atoms with van der Waals surface area (Å²) in [6, 6.07) is 6.12. The van der Waals surface area contributed by atoms with Gasteiger partial charge in [-0.25, -0.2) is 13.4 Å². The lowest BCUT2D eigenvalue weighted by atomic mass is 10.1. The van der Waals surface area contributed by atoms with Crippen molar-refractivity contribution in [3.05, 3.63) is 30.1 Å². The van der Waals surface area contributed by atoms with Gasteiger partial charge in [-0.3, -0.25) is 0 Å². The van der Waals surface area contributed by atoms with Gasteiger partial charge in [-0.2, -0.15) is 0 Å². The number of sulfone groups is 1. The minimum absolute atomic E-state index is 0.0798. The second kappa shape index (κ2) is 4.94. The quantitative estimate of drug-likeness (QED) is 0.886. The van der Waals surface area contributed by atoms with Crippen LogP contribution < -0.4 is 5.32 Å². The average Bonchev–Trinajstić information content (AvgIpc) is 2.82. The Morgan fingerprint density at radius 3 is 3.16 bits per heavy atom. The number of nitrogens with zero attached hydrogens (tertiary/aromatic N) is 1. The molecule has 0 aliphatic carbocycles. The zero-order valence-electron chi connectivity index (χ0n) is 10.6. The summed E-state index contributed by atoms with van der Waals surface area (Å²) >= 11 is 0. The van der Waals surface area contributed by atoms with Crippen LogP contribution >= 0.6 is 0 Å². The van der Waals surface area contributed by atoms with E-state index in [1.54, 1.807) is 6.33 Å². The summed E-state index contributed by atoms with van der Waals surface area (Å²) in [5.41, 5.74) is 3.10. The molecule has 0 amide bonds. The molecule has 19 heavy (non-hydrogen) atoms. The molecule has 3 rings (SSSR count). The van der Waals surface area contributed by atoms with E-state index < -0.39 is 9.84 Å². The highest BCUT2D eigenvalue weighted by molar-refractivity contribution is 7.91. The number of aromatic nitrogens is 2. The van der Waals surface area contributed by atoms with E-state index >= 15 is 0 Å². The van der Waals surface area contributed by atoms with Crippen LogP contribution in [0.3, 0.4) is 0 Å². The van der Waals surface area contributed by atoms with Crippen molar-refractivity contribution < 1.29 is 8.42 Å². The Kier molecular flexibility index (Phi) is 3.28. The summed E-state index contributed by atoms with van der Waals surface area (Å²) in [6.45, 7) is 0.690. The van der Waals surface area contributed by atoms with Crippen LogP contribution in [0.15, 0.2) is 24.5 Å². The van der Waals surface area contributed by atoms with Crippen LogP contribution in [0.5, 0.6) is 0 Å². The van der Waals surface area contributed by atoms with Crippen LogP contribution in [0.2, 0.25) is 0 Å². The first-order valence-electron chi connectivity index (χ1n) is 6.48. The molecule has 1 unspecified atom stereocenters. The molecule has 5 nitrogen and oxygen atoms in total. The Hall–Kier alpha value is -1.40. The third kappa shape index (κ3) is 2.96. The lowest BCUT2D eigenvalue weighted by Gasteiger charge is -2.23. The Balaban J connectivity index is 1.65. The van der Waals surface area contributed by atoms with Gasteiger partial charge in [0, 0.05) is 12.6 Å². The first kappa shape index (κ1) is 12.6. The van der Waals surface area contributed by atoms with Crippen molar-refractivity contribution in [1.29, 1.82) is 0 Å². The van der Waals surface area contributed by atoms with Crippen LogP contribution in [0.1, 0.15) is 18.4 Å². The molecule has 1 atom stereocenters. The number of H-pyrrole nitrogens is 1. The fraction of sp³-hybridized carbons (Fsp3) is 0.462. The van der Waals surface area contributed by atoms with Gasteiger partial charge < -0.3 is 10.3 Å². The molecule has 2 aromatic rings. The first-order valence-corrected chi connectivity index (χ1v) is 8.30. The average molecular weight is 279 g/mol. The molecule has 2 N–H and O–H groups in total. The minimum atomic E-state index is -2.84. The van der Waals surface area contributed by atoms with Gasteiger partial charge in [0.25, 0.3) is 0 Å². The maximum atomic E-state index is 11.6. The SMILES string of the molecule is O=S1(=O)CCCC(NCc2ccc3nc[nH]c3c2)C1. The maximum absolute atomic E-state index is 11.6. The van der Waals surface area contributed by atoms with Crippen molar-refractivity contribution >= 4 is 20.9 Å². The molecule has 0 bridgehead atoms. The number of nitrogens with one attached hydrogen (secondary N) is 2. The van der Waals surface area contributed by atoms with Gasteiger partial charge in [0.1, 0.15) is 0 Å². The zero-order valence-corrected chi connectivity index (χ0v) is 11.4. The Bertz CT molecular complexity index is 678. The molecular weight excluding hydrogens is 262 g/mol. The Morgan fingerprint density at radius 2 is 2.32 bits per heavy atom. The van der Waals surface area contributed by atoms with Crippen molar-refractivity contribution in [2.75, 3.05) is 11.5 Å². The van der Waals surface area contributed by atoms with E-state index in [0.717, 1.165) is 29.4 Å². The predicted molar refractivity (Wildman–Crippen MR) is 74.6 cm³/mol. The molecule has 2 heterocycles. The monoisotopic (exact) mass is 279 g/mol. The summed E-state index contributed by atoms with van der Waals surface area (Å²) in [5, 5.41) is 3.34. The number of hydrogen-bond donors (Lipinski definition) is 2. The Labute approximate surface area is 112 Å². The highest BCUT2D eigenvalue weighted by atomic mass is 32.2. The molecule has 1 aromatic carbocycles. The molecule has 1 fully saturated rings. The van der Waals surface area contributed by atoms with Crippen LogP contribution in [-0.4, -0.2) is 35.9 Å². The molecule has 102 valence electrons. The van der Waals surface area contributed by atoms with Gasteiger partial charge in [-0.1, -0.05) is 6.07 Å². The number of fused-ring (bicyclic) bond motifs is 1. The number of benzene rings is 1. The number of hydrogen-bond acceptors (Lipinski definition) is 4. The fourth-order valence-corrected chi connectivity index (χ4v) is 4.21. The van der Waals surface area contributed by atoms with Gasteiger partial charge in [0.05, 0.1) is 28.9 Å². The lowest BCUT2D eigenvalue weighted by Crippen LogP contribution is -2.39. The Morgan fingerprint density at radius 1 is 1.42 bits per heavy atom. The van der Waals surface area contributed by atoms with Crippen molar-refractivity contribution in [2.24, 2.45) is 0 Å². The predicted octanol–water partition coefficient (Wildman–Crippen LogP) is 1.23. The van der Waals surface area contributed by atoms with E-state index in [1.807, 2.05) is 18.2 Å². The van der Waals surface area contributed by atoms with Crippen LogP contribution in [0.4, 0.5) is 0 Å². The molecule has 1 saturated heterocycles. The summed E-state index contributed by atoms with van der Waals surface area (Å²) in [7, 11) is -2.84. The fourth-order valence-electron chi connectivity index (χ4n) is 2.54. The summed E-state index contributed by atoms with van der Waals surface area (Å²) in [5.74, 6) is 0.602. The van der Waals surface area contributed by atoms with Gasteiger partial charge >= 0.3 is 0 Å². The van der Waals surface area contributed by atoms with Crippen molar-refractivity contribution in [1.82, 2.24) is 15.3 Å². The maximum Gasteiger partial charge on any atom is 0.151 e. The van der Waals surface area contributed by atoms with Gasteiger partial charge in [-0.05, 0) is 30.5 Å². The van der Waals surface area contributed by atoms with E-state index in [9.17, 15) is 8.42 Å². The summed E-state index contributed by atoms with van der Waals surface area (Å²) in [4.78, 5) is 7.25. The van der Waals surface area contributed by atoms with Crippen LogP contribution in [-0.2, 0) is 16.4 Å². The molecular formula is C13H17N3O2S. The van der Waals surface area contributed by atoms with E-state index in [2.05, 4.69) is 15.3 Å². The van der Waals surface area contributed by atoms with Crippen molar-refractivity contribution in [3.63, 3.8) is 0 Å². The highest BCUT2D eigenvalue weighted by Gasteiger charge is 2.24. The first-order chi connectivity index (χ1) is 9.12. The van der Waals surface area contributed by atoms with Gasteiger partial charge in [0.15, 0.2) is 9.84 Å². The highest BCUT2D eigenvalue weighted by Crippen LogP contribution is 2.14. The number of rotatable bonds is 3. The minimum Gasteiger partial charge on any atom is -0.345 e. The molecule has 6 heteroatoms. The van der Waals surface area contributed by atoms with Gasteiger partial charge in [0.2, 0.25) is 0 Å². The summed E-state index contributed by atoms with van der Waals surface area (Å²) in [6.07, 6.45) is 3.38. The molecule has 1 aliphatic rings. The molecule has 0 radical (unpaired) electrons. The number of imidazole rings is 1. The van der Waals surface area contributed by atoms with Gasteiger partial charge in [-0.15, -0.1) is 0 Å². The third-order valence-corrected chi connectivity index (χ3v) is 5.36. The van der Waals surface area contributed by atoms with Crippen molar-refractivity contribution in [3.8, 4) is 0 Å². The van der Waals surface area contributed by atoms with Crippen LogP contribution in [0, 0.1) is 0 Å². The summed E-state index contributed by atoms with van der Waals surface area (Å²) < 4.78 is 23.1. The second-order valence-electron chi connectivity index (χ2n) is 5.09. The molecule has 1 aliphatic heterocycles. The standard InChI is InChI=1S/C13H17N3O2S/c17-19(18)5-1-2-11(8-19)14-7-10-3-4-12-13(6-10)16-9-15-12/h3-4,6,9,11,14H,1-2,5,7-8H2,(H,15,16). The van der Waals surface area contributed by atoms with E-state index in [0.29, 0.717) is 12.3 Å². The molecule has 0 spiro atoms. The van der Waals surface area contributed by atoms with Crippen molar-refractivity contribution in [2.45, 2.75) is 25.4 Å². The van der Waals surface area contributed by atoms with E-state index in [-0.39, 0.29) is 11.8 Å². The smallest absolute Gasteiger partial charge is 0.151 e. The van der Waals surface area contributed by atoms with E-state index in [1.165, 1.54) is 0 Å². The molecule has 1 aromatic heterocycles. The number of aromatic amines is 1. The molecule has 0 saturated carbocycles. The zero-order chi connectivity index (χ0) is 13.3. The second-order valence-corrected chi connectivity index (χ2v) is 7.32. The third-order valence-electron chi connectivity index (χ3n) is 3.54. The van der Waals surface area contributed by atoms with E-state index in [4.69, 9.17) is 0 Å². The lowest BCUT2D eigenvalue weighted by molar-refractivity contribution is 0.480. The normalized spacial score (nSPS) is 22.6. The topological polar surface area (TPSA) is 74.8 Å².